The zero-order valence-corrected chi connectivity index (χ0v) is 9.99. The van der Waals surface area contributed by atoms with Crippen LogP contribution in [0.1, 0.15) is 20.3 Å². The maximum absolute atomic E-state index is 12.2. The molecule has 1 aliphatic heterocycles. The third kappa shape index (κ3) is 1.66. The summed E-state index contributed by atoms with van der Waals surface area (Å²) in [5.41, 5.74) is 0.626. The van der Waals surface area contributed by atoms with Crippen molar-refractivity contribution in [2.75, 3.05) is 18.6 Å². The lowest BCUT2D eigenvalue weighted by Gasteiger charge is -2.21. The summed E-state index contributed by atoms with van der Waals surface area (Å²) < 4.78 is 5.28. The molecule has 3 heteroatoms. The highest BCUT2D eigenvalue weighted by molar-refractivity contribution is 6.00. The molecule has 0 saturated carbocycles. The van der Waals surface area contributed by atoms with Gasteiger partial charge >= 0.3 is 0 Å². The Morgan fingerprint density at radius 3 is 2.56 bits per heavy atom. The minimum Gasteiger partial charge on any atom is -0.495 e. The van der Waals surface area contributed by atoms with E-state index in [1.807, 2.05) is 43.0 Å². The topological polar surface area (TPSA) is 29.5 Å². The van der Waals surface area contributed by atoms with Crippen LogP contribution in [0.25, 0.3) is 0 Å². The molecule has 0 atom stereocenters. The second-order valence-corrected chi connectivity index (χ2v) is 4.76. The summed E-state index contributed by atoms with van der Waals surface area (Å²) in [6, 6.07) is 7.65. The van der Waals surface area contributed by atoms with Crippen molar-refractivity contribution in [1.29, 1.82) is 0 Å². The van der Waals surface area contributed by atoms with Crippen LogP contribution in [0.5, 0.6) is 5.75 Å². The van der Waals surface area contributed by atoms with Gasteiger partial charge in [0.25, 0.3) is 0 Å². The molecule has 0 bridgehead atoms. The smallest absolute Gasteiger partial charge is 0.232 e. The van der Waals surface area contributed by atoms with Gasteiger partial charge in [-0.05, 0) is 18.6 Å². The first kappa shape index (κ1) is 11.0. The second kappa shape index (κ2) is 3.81. The average Bonchev–Trinajstić information content (AvgIpc) is 2.54. The predicted molar refractivity (Wildman–Crippen MR) is 63.7 cm³/mol. The predicted octanol–water partition coefficient (Wildman–Crippen LogP) is 2.46. The summed E-state index contributed by atoms with van der Waals surface area (Å²) in [5.74, 6) is 0.936. The van der Waals surface area contributed by atoms with Gasteiger partial charge in [0.15, 0.2) is 0 Å². The first-order valence-electron chi connectivity index (χ1n) is 5.51. The number of benzene rings is 1. The Morgan fingerprint density at radius 1 is 1.31 bits per heavy atom. The second-order valence-electron chi connectivity index (χ2n) is 4.76. The fourth-order valence-corrected chi connectivity index (χ4v) is 2.05. The van der Waals surface area contributed by atoms with Gasteiger partial charge in [0.05, 0.1) is 12.8 Å². The van der Waals surface area contributed by atoms with E-state index in [0.29, 0.717) is 0 Å². The molecule has 0 unspecified atom stereocenters. The first-order valence-corrected chi connectivity index (χ1v) is 5.51. The number of rotatable bonds is 2. The molecule has 0 spiro atoms. The largest absolute Gasteiger partial charge is 0.495 e. The van der Waals surface area contributed by atoms with E-state index < -0.39 is 0 Å². The van der Waals surface area contributed by atoms with Crippen molar-refractivity contribution in [3.63, 3.8) is 0 Å². The molecular formula is C13H17NO2. The van der Waals surface area contributed by atoms with Gasteiger partial charge in [0.2, 0.25) is 5.91 Å². The highest BCUT2D eigenvalue weighted by atomic mass is 16.5. The molecule has 1 amide bonds. The number of para-hydroxylation sites is 2. The number of ether oxygens (including phenoxy) is 1. The van der Waals surface area contributed by atoms with Gasteiger partial charge in [-0.3, -0.25) is 4.79 Å². The van der Waals surface area contributed by atoms with Crippen LogP contribution in [0.2, 0.25) is 0 Å². The number of amides is 1. The molecule has 1 aromatic carbocycles. The molecule has 0 aromatic heterocycles. The molecule has 1 aromatic rings. The van der Waals surface area contributed by atoms with Crippen LogP contribution in [0.15, 0.2) is 24.3 Å². The Bertz CT molecular complexity index is 412. The van der Waals surface area contributed by atoms with Crippen LogP contribution in [-0.2, 0) is 4.79 Å². The molecule has 86 valence electrons. The van der Waals surface area contributed by atoms with E-state index in [1.165, 1.54) is 0 Å². The van der Waals surface area contributed by atoms with Crippen molar-refractivity contribution in [2.24, 2.45) is 5.41 Å². The van der Waals surface area contributed by atoms with E-state index >= 15 is 0 Å². The molecule has 1 fully saturated rings. The number of carbonyl (C=O) groups is 1. The van der Waals surface area contributed by atoms with Gasteiger partial charge in [-0.2, -0.15) is 0 Å². The maximum Gasteiger partial charge on any atom is 0.232 e. The van der Waals surface area contributed by atoms with Gasteiger partial charge in [0.1, 0.15) is 5.75 Å². The van der Waals surface area contributed by atoms with Crippen LogP contribution < -0.4 is 9.64 Å². The number of hydrogen-bond acceptors (Lipinski definition) is 2. The molecule has 16 heavy (non-hydrogen) atoms. The third-order valence-corrected chi connectivity index (χ3v) is 3.16. The van der Waals surface area contributed by atoms with Crippen LogP contribution >= 0.6 is 0 Å². The molecule has 0 N–H and O–H groups in total. The highest BCUT2D eigenvalue weighted by Crippen LogP contribution is 2.37. The van der Waals surface area contributed by atoms with E-state index in [1.54, 1.807) is 7.11 Å². The van der Waals surface area contributed by atoms with Crippen molar-refractivity contribution >= 4 is 11.6 Å². The Kier molecular flexibility index (Phi) is 2.62. The van der Waals surface area contributed by atoms with Crippen LogP contribution in [0, 0.1) is 5.41 Å². The summed E-state index contributed by atoms with van der Waals surface area (Å²) in [4.78, 5) is 14.0. The number of nitrogens with zero attached hydrogens (tertiary/aromatic N) is 1. The number of carbonyl (C=O) groups excluding carboxylic acids is 1. The van der Waals surface area contributed by atoms with Gasteiger partial charge < -0.3 is 9.64 Å². The summed E-state index contributed by atoms with van der Waals surface area (Å²) in [7, 11) is 1.63. The van der Waals surface area contributed by atoms with E-state index in [-0.39, 0.29) is 11.3 Å². The Balaban J connectivity index is 2.36. The average molecular weight is 219 g/mol. The summed E-state index contributed by atoms with van der Waals surface area (Å²) in [6.07, 6.45) is 0.893. The third-order valence-electron chi connectivity index (χ3n) is 3.16. The van der Waals surface area contributed by atoms with Crippen molar-refractivity contribution in [1.82, 2.24) is 0 Å². The standard InChI is InChI=1S/C13H17NO2/c1-13(2)8-9-14(12(13)15)10-6-4-5-7-11(10)16-3/h4-7H,8-9H2,1-3H3. The lowest BCUT2D eigenvalue weighted by atomic mass is 9.92. The van der Waals surface area contributed by atoms with E-state index in [0.717, 1.165) is 24.4 Å². The van der Waals surface area contributed by atoms with E-state index in [2.05, 4.69) is 0 Å². The van der Waals surface area contributed by atoms with Crippen molar-refractivity contribution in [2.45, 2.75) is 20.3 Å². The van der Waals surface area contributed by atoms with Crippen molar-refractivity contribution in [3.05, 3.63) is 24.3 Å². The van der Waals surface area contributed by atoms with Gasteiger partial charge in [-0.25, -0.2) is 0 Å². The van der Waals surface area contributed by atoms with E-state index in [9.17, 15) is 4.79 Å². The molecule has 1 heterocycles. The monoisotopic (exact) mass is 219 g/mol. The minimum absolute atomic E-state index is 0.178. The summed E-state index contributed by atoms with van der Waals surface area (Å²) >= 11 is 0. The van der Waals surface area contributed by atoms with Crippen LogP contribution in [-0.4, -0.2) is 19.6 Å². The Morgan fingerprint density at radius 2 is 2.00 bits per heavy atom. The molecule has 3 nitrogen and oxygen atoms in total. The van der Waals surface area contributed by atoms with Crippen molar-refractivity contribution < 1.29 is 9.53 Å². The fourth-order valence-electron chi connectivity index (χ4n) is 2.05. The van der Waals surface area contributed by atoms with E-state index in [4.69, 9.17) is 4.74 Å². The van der Waals surface area contributed by atoms with Gasteiger partial charge in [-0.15, -0.1) is 0 Å². The molecule has 1 aliphatic rings. The molecule has 1 saturated heterocycles. The first-order chi connectivity index (χ1) is 7.56. The molecule has 0 aliphatic carbocycles. The lowest BCUT2D eigenvalue weighted by Crippen LogP contribution is -2.31. The number of methoxy groups -OCH3 is 1. The summed E-state index contributed by atoms with van der Waals surface area (Å²) in [6.45, 7) is 4.75. The molecule has 0 radical (unpaired) electrons. The Labute approximate surface area is 96.0 Å². The number of hydrogen-bond donors (Lipinski definition) is 0. The zero-order valence-electron chi connectivity index (χ0n) is 9.99. The maximum atomic E-state index is 12.2. The lowest BCUT2D eigenvalue weighted by molar-refractivity contribution is -0.124. The van der Waals surface area contributed by atoms with Gasteiger partial charge in [0, 0.05) is 12.0 Å². The molecular weight excluding hydrogens is 202 g/mol. The van der Waals surface area contributed by atoms with Gasteiger partial charge in [-0.1, -0.05) is 26.0 Å². The highest BCUT2D eigenvalue weighted by Gasteiger charge is 2.39. The van der Waals surface area contributed by atoms with Crippen LogP contribution in [0.3, 0.4) is 0 Å². The Hall–Kier alpha value is -1.51. The van der Waals surface area contributed by atoms with Crippen molar-refractivity contribution in [3.8, 4) is 5.75 Å². The zero-order chi connectivity index (χ0) is 11.8. The normalized spacial score (nSPS) is 18.9. The fraction of sp³-hybridized carbons (Fsp3) is 0.462. The van der Waals surface area contributed by atoms with Crippen LogP contribution in [0.4, 0.5) is 5.69 Å². The summed E-state index contributed by atoms with van der Waals surface area (Å²) in [5, 5.41) is 0. The quantitative estimate of drug-likeness (QED) is 0.764. The SMILES string of the molecule is COc1ccccc1N1CCC(C)(C)C1=O. The minimum atomic E-state index is -0.249. The molecule has 2 rings (SSSR count). The number of anilines is 1.